The fourth-order valence-electron chi connectivity index (χ4n) is 5.63. The molecule has 0 aliphatic heterocycles. The van der Waals surface area contributed by atoms with Gasteiger partial charge in [-0.25, -0.2) is 9.97 Å². The minimum atomic E-state index is -5.09. The third kappa shape index (κ3) is 8.31. The highest BCUT2D eigenvalue weighted by molar-refractivity contribution is 5.57. The van der Waals surface area contributed by atoms with Crippen molar-refractivity contribution in [2.75, 3.05) is 30.0 Å². The molecule has 4 rings (SSSR count). The Hall–Kier alpha value is -3.71. The molecule has 5 nitrogen and oxygen atoms in total. The van der Waals surface area contributed by atoms with Crippen molar-refractivity contribution in [3.05, 3.63) is 76.6 Å². The number of hydrogen-bond acceptors (Lipinski definition) is 5. The maximum absolute atomic E-state index is 13.9. The summed E-state index contributed by atoms with van der Waals surface area (Å²) in [5, 5.41) is 0. The number of nitrogens with zero attached hydrogens (tertiary/aromatic N) is 4. The largest absolute Gasteiger partial charge is 0.494 e. The first-order valence-electron chi connectivity index (χ1n) is 14.4. The van der Waals surface area contributed by atoms with Gasteiger partial charge >= 0.3 is 18.5 Å². The van der Waals surface area contributed by atoms with Crippen molar-refractivity contribution >= 4 is 11.6 Å². The van der Waals surface area contributed by atoms with E-state index in [-0.39, 0.29) is 35.4 Å². The van der Waals surface area contributed by atoms with Gasteiger partial charge in [-0.05, 0) is 80.1 Å². The summed E-state index contributed by atoms with van der Waals surface area (Å²) in [5.74, 6) is 0.431. The number of methoxy groups -OCH3 is 1. The van der Waals surface area contributed by atoms with E-state index in [1.807, 2.05) is 11.8 Å². The van der Waals surface area contributed by atoms with Crippen molar-refractivity contribution in [1.29, 1.82) is 0 Å². The summed E-state index contributed by atoms with van der Waals surface area (Å²) in [6, 6.07) is 3.27. The van der Waals surface area contributed by atoms with Gasteiger partial charge < -0.3 is 14.5 Å². The highest BCUT2D eigenvalue weighted by Gasteiger charge is 2.38. The molecule has 0 radical (unpaired) electrons. The molecule has 1 heterocycles. The average molecular weight is 649 g/mol. The van der Waals surface area contributed by atoms with Gasteiger partial charge in [0, 0.05) is 25.3 Å². The van der Waals surface area contributed by atoms with Gasteiger partial charge in [0.05, 0.1) is 42.2 Å². The second-order valence-corrected chi connectivity index (χ2v) is 11.1. The Balaban J connectivity index is 1.87. The maximum atomic E-state index is 13.9. The smallest absolute Gasteiger partial charge is 0.416 e. The van der Waals surface area contributed by atoms with Crippen LogP contribution in [0, 0.1) is 5.92 Å². The van der Waals surface area contributed by atoms with Crippen LogP contribution in [0.25, 0.3) is 0 Å². The molecule has 3 aromatic rings. The Morgan fingerprint density at radius 3 is 1.87 bits per heavy atom. The van der Waals surface area contributed by atoms with Crippen molar-refractivity contribution in [1.82, 2.24) is 9.97 Å². The Morgan fingerprint density at radius 2 is 1.38 bits per heavy atom. The van der Waals surface area contributed by atoms with Gasteiger partial charge in [-0.1, -0.05) is 12.8 Å². The molecular formula is C31H33F9N4O. The molecule has 246 valence electrons. The molecule has 0 N–H and O–H groups in total. The molecule has 14 heteroatoms. The second kappa shape index (κ2) is 13.3. The van der Waals surface area contributed by atoms with Gasteiger partial charge in [-0.15, -0.1) is 0 Å². The first-order valence-corrected chi connectivity index (χ1v) is 14.4. The van der Waals surface area contributed by atoms with Crippen LogP contribution in [0.1, 0.15) is 73.4 Å². The lowest BCUT2D eigenvalue weighted by atomic mass is 9.98. The molecule has 1 atom stereocenters. The normalized spacial score (nSPS) is 15.3. The molecule has 45 heavy (non-hydrogen) atoms. The molecule has 0 spiro atoms. The fourth-order valence-corrected chi connectivity index (χ4v) is 5.63. The lowest BCUT2D eigenvalue weighted by molar-refractivity contribution is -0.143. The number of aromatic nitrogens is 2. The lowest BCUT2D eigenvalue weighted by Crippen LogP contribution is -2.32. The number of ether oxygens (including phenoxy) is 1. The van der Waals surface area contributed by atoms with Crippen LogP contribution in [-0.4, -0.2) is 30.2 Å². The van der Waals surface area contributed by atoms with Crippen LogP contribution < -0.4 is 14.5 Å². The van der Waals surface area contributed by atoms with Crippen molar-refractivity contribution in [2.24, 2.45) is 5.92 Å². The number of benzene rings is 2. The minimum absolute atomic E-state index is 0.0253. The predicted octanol–water partition coefficient (Wildman–Crippen LogP) is 9.33. The molecule has 0 amide bonds. The van der Waals surface area contributed by atoms with Crippen LogP contribution in [0.2, 0.25) is 0 Å². The number of anilines is 2. The molecule has 1 unspecified atom stereocenters. The van der Waals surface area contributed by atoms with E-state index >= 15 is 0 Å². The van der Waals surface area contributed by atoms with E-state index in [0.29, 0.717) is 36.8 Å². The number of hydrogen-bond donors (Lipinski definition) is 0. The van der Waals surface area contributed by atoms with E-state index in [4.69, 9.17) is 4.74 Å². The quantitative estimate of drug-likeness (QED) is 0.205. The molecule has 1 aliphatic rings. The monoisotopic (exact) mass is 648 g/mol. The summed E-state index contributed by atoms with van der Waals surface area (Å²) >= 11 is 0. The molecule has 2 aromatic carbocycles. The lowest BCUT2D eigenvalue weighted by Gasteiger charge is -2.34. The van der Waals surface area contributed by atoms with Crippen molar-refractivity contribution in [3.63, 3.8) is 0 Å². The fraction of sp³-hybridized carbons (Fsp3) is 0.484. The van der Waals surface area contributed by atoms with Crippen molar-refractivity contribution in [2.45, 2.75) is 70.6 Å². The SMILES string of the molecule is CCN(CC1CCCC1)c1ccc(C(F)(F)F)cc1CN(c1ncc(OC)cn1)C(C)c1cc(C(F)(F)F)cc(C(F)(F)F)c1. The van der Waals surface area contributed by atoms with Gasteiger partial charge in [0.2, 0.25) is 5.95 Å². The summed E-state index contributed by atoms with van der Waals surface area (Å²) < 4.78 is 129. The zero-order chi connectivity index (χ0) is 33.2. The van der Waals surface area contributed by atoms with Gasteiger partial charge in [0.25, 0.3) is 0 Å². The predicted molar refractivity (Wildman–Crippen MR) is 151 cm³/mol. The Kier molecular flexibility index (Phi) is 10.1. The molecular weight excluding hydrogens is 615 g/mol. The third-order valence-electron chi connectivity index (χ3n) is 8.09. The standard InChI is InChI=1S/C31H33F9N4O/c1-4-43(17-20-7-5-6-8-20)27-10-9-23(29(32,33)34)13-22(27)18-44(28-41-15-26(45-3)16-42-28)19(2)21-11-24(30(35,36)37)14-25(12-21)31(38,39)40/h9-16,19-20H,4-8,17-18H2,1-3H3. The number of alkyl halides is 9. The maximum Gasteiger partial charge on any atom is 0.416 e. The summed E-state index contributed by atoms with van der Waals surface area (Å²) in [5.41, 5.74) is -3.70. The topological polar surface area (TPSA) is 41.5 Å². The molecule has 1 aromatic heterocycles. The molecule has 0 bridgehead atoms. The van der Waals surface area contributed by atoms with E-state index < -0.39 is 41.3 Å². The molecule has 1 fully saturated rings. The highest BCUT2D eigenvalue weighted by Crippen LogP contribution is 2.40. The molecule has 0 saturated heterocycles. The number of halogens is 9. The zero-order valence-corrected chi connectivity index (χ0v) is 24.8. The van der Waals surface area contributed by atoms with E-state index in [0.717, 1.165) is 37.8 Å². The second-order valence-electron chi connectivity index (χ2n) is 11.1. The van der Waals surface area contributed by atoms with Gasteiger partial charge in [0.1, 0.15) is 0 Å². The highest BCUT2D eigenvalue weighted by atomic mass is 19.4. The molecule has 1 aliphatic carbocycles. The Morgan fingerprint density at radius 1 is 0.822 bits per heavy atom. The van der Waals surface area contributed by atoms with E-state index in [1.165, 1.54) is 37.4 Å². The van der Waals surface area contributed by atoms with Gasteiger partial charge in [0.15, 0.2) is 5.75 Å². The summed E-state index contributed by atoms with van der Waals surface area (Å²) in [6.45, 7) is 3.92. The van der Waals surface area contributed by atoms with Crippen LogP contribution in [0.3, 0.4) is 0 Å². The third-order valence-corrected chi connectivity index (χ3v) is 8.09. The van der Waals surface area contributed by atoms with Crippen LogP contribution in [0.5, 0.6) is 5.75 Å². The van der Waals surface area contributed by atoms with E-state index in [1.54, 1.807) is 0 Å². The van der Waals surface area contributed by atoms with Crippen molar-refractivity contribution in [3.8, 4) is 5.75 Å². The zero-order valence-electron chi connectivity index (χ0n) is 24.8. The van der Waals surface area contributed by atoms with Crippen LogP contribution >= 0.6 is 0 Å². The first kappa shape index (κ1) is 34.2. The Bertz CT molecular complexity index is 1400. The number of rotatable bonds is 10. The van der Waals surface area contributed by atoms with Crippen LogP contribution in [0.15, 0.2) is 48.8 Å². The minimum Gasteiger partial charge on any atom is -0.494 e. The first-order chi connectivity index (χ1) is 21.0. The van der Waals surface area contributed by atoms with Crippen LogP contribution in [-0.2, 0) is 25.1 Å². The van der Waals surface area contributed by atoms with Gasteiger partial charge in [-0.3, -0.25) is 0 Å². The van der Waals surface area contributed by atoms with E-state index in [2.05, 4.69) is 9.97 Å². The average Bonchev–Trinajstić information content (AvgIpc) is 3.50. The van der Waals surface area contributed by atoms with E-state index in [9.17, 15) is 39.5 Å². The molecule has 1 saturated carbocycles. The summed E-state index contributed by atoms with van der Waals surface area (Å²) in [7, 11) is 1.35. The van der Waals surface area contributed by atoms with Crippen LogP contribution in [0.4, 0.5) is 51.1 Å². The summed E-state index contributed by atoms with van der Waals surface area (Å²) in [6.07, 6.45) is -8.31. The van der Waals surface area contributed by atoms with Gasteiger partial charge in [-0.2, -0.15) is 39.5 Å². The Labute approximate surface area is 255 Å². The van der Waals surface area contributed by atoms with Crippen molar-refractivity contribution < 1.29 is 44.3 Å². The summed E-state index contributed by atoms with van der Waals surface area (Å²) in [4.78, 5) is 11.6.